The van der Waals surface area contributed by atoms with Crippen molar-refractivity contribution >= 4 is 23.7 Å². The number of carbonyl (C=O) groups excluding carboxylic acids is 2. The lowest BCUT2D eigenvalue weighted by Gasteiger charge is -2.26. The maximum absolute atomic E-state index is 12.2. The molecule has 0 saturated heterocycles. The largest absolute Gasteiger partial charge is 0.444 e. The highest BCUT2D eigenvalue weighted by Gasteiger charge is 2.28. The molecule has 0 aliphatic carbocycles. The van der Waals surface area contributed by atoms with Gasteiger partial charge in [0, 0.05) is 0 Å². The number of aldehydes is 1. The Morgan fingerprint density at radius 2 is 1.96 bits per heavy atom. The number of nitrogens with one attached hydrogen (secondary N) is 1. The van der Waals surface area contributed by atoms with Crippen molar-refractivity contribution in [1.82, 2.24) is 5.32 Å². The lowest BCUT2D eigenvalue weighted by atomic mass is 10.1. The highest BCUT2D eigenvalue weighted by molar-refractivity contribution is 7.08. The Balaban J connectivity index is 2.10. The fourth-order valence-electron chi connectivity index (χ4n) is 2.22. The van der Waals surface area contributed by atoms with Crippen LogP contribution in [-0.2, 0) is 20.9 Å². The molecule has 1 unspecified atom stereocenters. The van der Waals surface area contributed by atoms with Crippen LogP contribution in [-0.4, -0.2) is 24.1 Å². The van der Waals surface area contributed by atoms with Gasteiger partial charge in [0.1, 0.15) is 11.7 Å². The predicted molar refractivity (Wildman–Crippen MR) is 97.5 cm³/mol. The summed E-state index contributed by atoms with van der Waals surface area (Å²) in [5.41, 5.74) is 1.14. The van der Waals surface area contributed by atoms with Crippen molar-refractivity contribution in [1.29, 1.82) is 0 Å². The van der Waals surface area contributed by atoms with Crippen molar-refractivity contribution in [3.8, 4) is 0 Å². The third kappa shape index (κ3) is 6.32. The van der Waals surface area contributed by atoms with Gasteiger partial charge in [-0.3, -0.25) is 0 Å². The first-order chi connectivity index (χ1) is 11.9. The summed E-state index contributed by atoms with van der Waals surface area (Å²) in [7, 11) is 0. The number of ether oxygens (including phenoxy) is 2. The van der Waals surface area contributed by atoms with E-state index in [1.165, 1.54) is 11.3 Å². The molecular formula is C19H23NO4S. The van der Waals surface area contributed by atoms with Gasteiger partial charge in [-0.25, -0.2) is 4.79 Å². The van der Waals surface area contributed by atoms with Crippen LogP contribution in [0.5, 0.6) is 0 Å². The monoisotopic (exact) mass is 361 g/mol. The first kappa shape index (κ1) is 19.1. The van der Waals surface area contributed by atoms with Gasteiger partial charge in [-0.05, 0) is 48.7 Å². The zero-order valence-corrected chi connectivity index (χ0v) is 15.4. The van der Waals surface area contributed by atoms with E-state index in [2.05, 4.69) is 5.32 Å². The third-order valence-corrected chi connectivity index (χ3v) is 4.02. The van der Waals surface area contributed by atoms with E-state index in [4.69, 9.17) is 9.47 Å². The van der Waals surface area contributed by atoms with E-state index < -0.39 is 23.8 Å². The van der Waals surface area contributed by atoms with Crippen LogP contribution < -0.4 is 5.32 Å². The maximum atomic E-state index is 12.2. The van der Waals surface area contributed by atoms with E-state index in [1.807, 2.05) is 47.2 Å². The quantitative estimate of drug-likeness (QED) is 0.754. The van der Waals surface area contributed by atoms with Gasteiger partial charge in [0.15, 0.2) is 6.29 Å². The molecule has 0 aliphatic heterocycles. The van der Waals surface area contributed by atoms with Crippen LogP contribution in [0.2, 0.25) is 0 Å². The average Bonchev–Trinajstić information content (AvgIpc) is 3.07. The zero-order chi connectivity index (χ0) is 18.3. The molecule has 5 nitrogen and oxygen atoms in total. The molecule has 0 radical (unpaired) electrons. The van der Waals surface area contributed by atoms with E-state index in [0.29, 0.717) is 6.29 Å². The molecule has 2 aromatic rings. The molecule has 6 heteroatoms. The summed E-state index contributed by atoms with van der Waals surface area (Å²) in [4.78, 5) is 23.8. The Bertz CT molecular complexity index is 664. The molecule has 1 N–H and O–H groups in total. The normalized spacial score (nSPS) is 13.7. The molecule has 134 valence electrons. The summed E-state index contributed by atoms with van der Waals surface area (Å²) in [5, 5.41) is 6.52. The number of alkyl carbamates (subject to hydrolysis) is 1. The minimum Gasteiger partial charge on any atom is -0.444 e. The molecule has 0 aliphatic rings. The van der Waals surface area contributed by atoms with Crippen molar-refractivity contribution in [3.63, 3.8) is 0 Å². The van der Waals surface area contributed by atoms with Crippen LogP contribution in [0.15, 0.2) is 47.2 Å². The Kier molecular flexibility index (Phi) is 6.73. The van der Waals surface area contributed by atoms with Gasteiger partial charge >= 0.3 is 6.09 Å². The third-order valence-electron chi connectivity index (χ3n) is 3.32. The Morgan fingerprint density at radius 1 is 1.24 bits per heavy atom. The van der Waals surface area contributed by atoms with Gasteiger partial charge in [0.2, 0.25) is 0 Å². The summed E-state index contributed by atoms with van der Waals surface area (Å²) >= 11 is 1.49. The topological polar surface area (TPSA) is 64.6 Å². The minimum absolute atomic E-state index is 0.279. The Morgan fingerprint density at radius 3 is 2.52 bits per heavy atom. The summed E-state index contributed by atoms with van der Waals surface area (Å²) in [6.07, 6.45) is -0.691. The molecule has 1 aromatic carbocycles. The number of amides is 1. The molecular weight excluding hydrogens is 338 g/mol. The molecule has 1 heterocycles. The highest BCUT2D eigenvalue weighted by Crippen LogP contribution is 2.23. The van der Waals surface area contributed by atoms with E-state index in [0.717, 1.165) is 11.1 Å². The SMILES string of the molecule is CC(C)(C)OC(=O)N[C@H](c1ccsc1)C(C=O)OCc1ccccc1. The first-order valence-electron chi connectivity index (χ1n) is 8.01. The lowest BCUT2D eigenvalue weighted by molar-refractivity contribution is -0.120. The van der Waals surface area contributed by atoms with Crippen LogP contribution in [0.25, 0.3) is 0 Å². The zero-order valence-electron chi connectivity index (χ0n) is 14.6. The fourth-order valence-corrected chi connectivity index (χ4v) is 2.92. The number of rotatable bonds is 7. The minimum atomic E-state index is -0.817. The number of hydrogen-bond acceptors (Lipinski definition) is 5. The standard InChI is InChI=1S/C19H23NO4S/c1-19(2,3)24-18(22)20-17(15-9-10-25-13-15)16(11-21)23-12-14-7-5-4-6-8-14/h4-11,13,16-17H,12H2,1-3H3,(H,20,22)/t16?,17-/m1/s1. The number of hydrogen-bond donors (Lipinski definition) is 1. The summed E-state index contributed by atoms with van der Waals surface area (Å²) < 4.78 is 11.1. The fraction of sp³-hybridized carbons (Fsp3) is 0.368. The molecule has 25 heavy (non-hydrogen) atoms. The van der Waals surface area contributed by atoms with Crippen LogP contribution in [0, 0.1) is 0 Å². The second-order valence-corrected chi connectivity index (χ2v) is 7.36. The highest BCUT2D eigenvalue weighted by atomic mass is 32.1. The molecule has 2 atom stereocenters. The Hall–Kier alpha value is -2.18. The number of thiophene rings is 1. The smallest absolute Gasteiger partial charge is 0.408 e. The maximum Gasteiger partial charge on any atom is 0.408 e. The van der Waals surface area contributed by atoms with Crippen molar-refractivity contribution in [2.45, 2.75) is 45.1 Å². The van der Waals surface area contributed by atoms with E-state index in [1.54, 1.807) is 20.8 Å². The van der Waals surface area contributed by atoms with Crippen LogP contribution >= 0.6 is 11.3 Å². The second kappa shape index (κ2) is 8.78. The van der Waals surface area contributed by atoms with Gasteiger partial charge in [0.05, 0.1) is 12.6 Å². The van der Waals surface area contributed by atoms with E-state index in [-0.39, 0.29) is 6.61 Å². The first-order valence-corrected chi connectivity index (χ1v) is 8.96. The lowest BCUT2D eigenvalue weighted by Crippen LogP contribution is -2.41. The van der Waals surface area contributed by atoms with E-state index in [9.17, 15) is 9.59 Å². The Labute approximate surface area is 152 Å². The van der Waals surface area contributed by atoms with Gasteiger partial charge < -0.3 is 19.6 Å². The van der Waals surface area contributed by atoms with Crippen LogP contribution in [0.3, 0.4) is 0 Å². The second-order valence-electron chi connectivity index (χ2n) is 6.58. The predicted octanol–water partition coefficient (Wildman–Crippen LogP) is 4.10. The summed E-state index contributed by atoms with van der Waals surface area (Å²) in [6.45, 7) is 5.64. The molecule has 1 aromatic heterocycles. The molecule has 0 fully saturated rings. The summed E-state index contributed by atoms with van der Waals surface area (Å²) in [6, 6.07) is 10.8. The molecule has 0 saturated carbocycles. The van der Waals surface area contributed by atoms with Gasteiger partial charge in [0.25, 0.3) is 0 Å². The van der Waals surface area contributed by atoms with Crippen LogP contribution in [0.4, 0.5) is 4.79 Å². The summed E-state index contributed by atoms with van der Waals surface area (Å²) in [5.74, 6) is 0. The van der Waals surface area contributed by atoms with Crippen LogP contribution in [0.1, 0.15) is 37.9 Å². The number of carbonyl (C=O) groups is 2. The average molecular weight is 361 g/mol. The molecule has 2 rings (SSSR count). The van der Waals surface area contributed by atoms with Gasteiger partial charge in [-0.15, -0.1) is 0 Å². The molecule has 1 amide bonds. The van der Waals surface area contributed by atoms with Crippen molar-refractivity contribution in [3.05, 3.63) is 58.3 Å². The molecule has 0 spiro atoms. The number of benzene rings is 1. The van der Waals surface area contributed by atoms with Crippen molar-refractivity contribution in [2.24, 2.45) is 0 Å². The van der Waals surface area contributed by atoms with E-state index >= 15 is 0 Å². The van der Waals surface area contributed by atoms with Gasteiger partial charge in [-0.2, -0.15) is 11.3 Å². The molecule has 0 bridgehead atoms. The van der Waals surface area contributed by atoms with Crippen molar-refractivity contribution in [2.75, 3.05) is 0 Å². The van der Waals surface area contributed by atoms with Gasteiger partial charge in [-0.1, -0.05) is 30.3 Å². The van der Waals surface area contributed by atoms with Crippen molar-refractivity contribution < 1.29 is 19.1 Å².